The highest BCUT2D eigenvalue weighted by molar-refractivity contribution is 6.01. The smallest absolute Gasteiger partial charge is 0.257 e. The van der Waals surface area contributed by atoms with Crippen molar-refractivity contribution in [3.05, 3.63) is 58.9 Å². The maximum absolute atomic E-state index is 13.9. The number of hydrogen-bond donors (Lipinski definition) is 1. The summed E-state index contributed by atoms with van der Waals surface area (Å²) in [5, 5.41) is 3.30. The van der Waals surface area contributed by atoms with E-state index >= 15 is 0 Å². The van der Waals surface area contributed by atoms with Crippen LogP contribution in [0, 0.1) is 12.7 Å². The van der Waals surface area contributed by atoms with Crippen LogP contribution in [-0.2, 0) is 0 Å². The van der Waals surface area contributed by atoms with Gasteiger partial charge in [-0.2, -0.15) is 0 Å². The number of carbonyl (C=O) groups is 1. The molecule has 0 bridgehead atoms. The summed E-state index contributed by atoms with van der Waals surface area (Å²) < 4.78 is 19.3. The fourth-order valence-electron chi connectivity index (χ4n) is 2.81. The second-order valence-corrected chi connectivity index (χ2v) is 5.67. The van der Waals surface area contributed by atoms with Crippen LogP contribution in [0.2, 0.25) is 0 Å². The second-order valence-electron chi connectivity index (χ2n) is 5.67. The van der Waals surface area contributed by atoms with Crippen molar-refractivity contribution in [1.82, 2.24) is 4.90 Å². The van der Waals surface area contributed by atoms with Gasteiger partial charge >= 0.3 is 0 Å². The summed E-state index contributed by atoms with van der Waals surface area (Å²) in [5.41, 5.74) is 3.06. The Hall–Kier alpha value is -2.56. The van der Waals surface area contributed by atoms with Crippen LogP contribution in [-0.4, -0.2) is 24.5 Å². The van der Waals surface area contributed by atoms with E-state index in [1.54, 1.807) is 18.0 Å². The number of rotatable bonds is 3. The van der Waals surface area contributed by atoms with E-state index in [-0.39, 0.29) is 11.7 Å². The van der Waals surface area contributed by atoms with E-state index < -0.39 is 6.17 Å². The van der Waals surface area contributed by atoms with Gasteiger partial charge < -0.3 is 15.0 Å². The van der Waals surface area contributed by atoms with Crippen LogP contribution >= 0.6 is 0 Å². The first-order chi connectivity index (χ1) is 11.0. The minimum atomic E-state index is -0.437. The van der Waals surface area contributed by atoms with Gasteiger partial charge in [-0.3, -0.25) is 4.79 Å². The van der Waals surface area contributed by atoms with Crippen LogP contribution in [0.15, 0.2) is 36.4 Å². The molecule has 0 saturated heterocycles. The van der Waals surface area contributed by atoms with E-state index in [4.69, 9.17) is 4.74 Å². The third-order valence-electron chi connectivity index (χ3n) is 3.93. The molecule has 1 unspecified atom stereocenters. The Morgan fingerprint density at radius 3 is 2.78 bits per heavy atom. The third-order valence-corrected chi connectivity index (χ3v) is 3.93. The van der Waals surface area contributed by atoms with E-state index in [0.29, 0.717) is 23.5 Å². The van der Waals surface area contributed by atoms with Crippen LogP contribution in [0.25, 0.3) is 0 Å². The molecule has 120 valence electrons. The fraction of sp³-hybridized carbons (Fsp3) is 0.278. The van der Waals surface area contributed by atoms with Crippen molar-refractivity contribution in [3.8, 4) is 5.75 Å². The van der Waals surface area contributed by atoms with E-state index in [1.807, 2.05) is 32.0 Å². The number of ether oxygens (including phenoxy) is 1. The molecule has 23 heavy (non-hydrogen) atoms. The van der Waals surface area contributed by atoms with Crippen molar-refractivity contribution in [2.45, 2.75) is 20.0 Å². The summed E-state index contributed by atoms with van der Waals surface area (Å²) in [6, 6.07) is 10.2. The number of nitrogens with zero attached hydrogens (tertiary/aromatic N) is 1. The summed E-state index contributed by atoms with van der Waals surface area (Å²) >= 11 is 0. The molecule has 1 N–H and O–H groups in total. The quantitative estimate of drug-likeness (QED) is 0.938. The molecule has 1 heterocycles. The topological polar surface area (TPSA) is 41.6 Å². The molecule has 3 rings (SSSR count). The van der Waals surface area contributed by atoms with Crippen LogP contribution in [0.5, 0.6) is 5.75 Å². The van der Waals surface area contributed by atoms with E-state index in [2.05, 4.69) is 5.32 Å². The van der Waals surface area contributed by atoms with Crippen LogP contribution in [0.1, 0.15) is 34.6 Å². The Morgan fingerprint density at radius 1 is 1.26 bits per heavy atom. The molecule has 2 aromatic rings. The average molecular weight is 314 g/mol. The number of anilines is 1. The summed E-state index contributed by atoms with van der Waals surface area (Å²) in [6.45, 7) is 4.25. The molecule has 5 heteroatoms. The van der Waals surface area contributed by atoms with E-state index in [0.717, 1.165) is 11.3 Å². The lowest BCUT2D eigenvalue weighted by Crippen LogP contribution is -2.40. The van der Waals surface area contributed by atoms with Crippen molar-refractivity contribution in [3.63, 3.8) is 0 Å². The molecule has 2 aromatic carbocycles. The maximum atomic E-state index is 13.9. The van der Waals surface area contributed by atoms with Gasteiger partial charge in [-0.1, -0.05) is 11.6 Å². The van der Waals surface area contributed by atoms with Crippen molar-refractivity contribution in [1.29, 1.82) is 0 Å². The van der Waals surface area contributed by atoms with E-state index in [1.165, 1.54) is 12.1 Å². The first-order valence-corrected chi connectivity index (χ1v) is 7.57. The standard InChI is InChI=1S/C18H19FN2O2/c1-4-23-14-9-12(8-13(19)10-14)17-20-16-6-5-11(2)7-15(16)18(22)21(17)3/h5-10,17,20H,4H2,1-3H3. The lowest BCUT2D eigenvalue weighted by molar-refractivity contribution is 0.0735. The van der Waals surface area contributed by atoms with Gasteiger partial charge in [0.2, 0.25) is 0 Å². The van der Waals surface area contributed by atoms with Gasteiger partial charge in [0.15, 0.2) is 0 Å². The number of benzene rings is 2. The lowest BCUT2D eigenvalue weighted by atomic mass is 10.0. The predicted molar refractivity (Wildman–Crippen MR) is 87.2 cm³/mol. The summed E-state index contributed by atoms with van der Waals surface area (Å²) in [6.07, 6.45) is -0.437. The van der Waals surface area contributed by atoms with Gasteiger partial charge in [-0.15, -0.1) is 0 Å². The Balaban J connectivity index is 2.01. The molecular formula is C18H19FN2O2. The Labute approximate surface area is 134 Å². The Kier molecular flexibility index (Phi) is 3.94. The van der Waals surface area contributed by atoms with Gasteiger partial charge in [-0.05, 0) is 38.1 Å². The molecule has 1 aliphatic rings. The summed E-state index contributed by atoms with van der Waals surface area (Å²) in [5.74, 6) is -0.0159. The average Bonchev–Trinajstić information content (AvgIpc) is 2.51. The van der Waals surface area contributed by atoms with Gasteiger partial charge in [0.1, 0.15) is 17.7 Å². The molecule has 0 radical (unpaired) electrons. The maximum Gasteiger partial charge on any atom is 0.257 e. The number of hydrogen-bond acceptors (Lipinski definition) is 3. The SMILES string of the molecule is CCOc1cc(F)cc(C2Nc3ccc(C)cc3C(=O)N2C)c1. The summed E-state index contributed by atoms with van der Waals surface area (Å²) in [7, 11) is 1.70. The number of fused-ring (bicyclic) bond motifs is 1. The van der Waals surface area contributed by atoms with Crippen LogP contribution < -0.4 is 10.1 Å². The molecule has 0 fully saturated rings. The highest BCUT2D eigenvalue weighted by Gasteiger charge is 2.30. The molecule has 0 spiro atoms. The predicted octanol–water partition coefficient (Wildman–Crippen LogP) is 3.73. The van der Waals surface area contributed by atoms with Crippen molar-refractivity contribution in [2.75, 3.05) is 19.0 Å². The second kappa shape index (κ2) is 5.91. The number of aryl methyl sites for hydroxylation is 1. The van der Waals surface area contributed by atoms with Crippen LogP contribution in [0.4, 0.5) is 10.1 Å². The zero-order valence-corrected chi connectivity index (χ0v) is 13.4. The third kappa shape index (κ3) is 2.86. The first kappa shape index (κ1) is 15.3. The Morgan fingerprint density at radius 2 is 2.04 bits per heavy atom. The zero-order chi connectivity index (χ0) is 16.6. The van der Waals surface area contributed by atoms with Gasteiger partial charge in [0.05, 0.1) is 12.2 Å². The van der Waals surface area contributed by atoms with Gasteiger partial charge in [0.25, 0.3) is 5.91 Å². The largest absolute Gasteiger partial charge is 0.494 e. The molecule has 0 aromatic heterocycles. The zero-order valence-electron chi connectivity index (χ0n) is 13.4. The molecule has 1 amide bonds. The minimum Gasteiger partial charge on any atom is -0.494 e. The van der Waals surface area contributed by atoms with Crippen molar-refractivity contribution in [2.24, 2.45) is 0 Å². The van der Waals surface area contributed by atoms with Gasteiger partial charge in [0, 0.05) is 24.4 Å². The highest BCUT2D eigenvalue weighted by Crippen LogP contribution is 2.34. The van der Waals surface area contributed by atoms with Crippen molar-refractivity contribution < 1.29 is 13.9 Å². The number of nitrogens with one attached hydrogen (secondary N) is 1. The Bertz CT molecular complexity index is 761. The summed E-state index contributed by atoms with van der Waals surface area (Å²) in [4.78, 5) is 14.2. The number of halogens is 1. The molecular weight excluding hydrogens is 295 g/mol. The molecule has 0 aliphatic carbocycles. The lowest BCUT2D eigenvalue weighted by Gasteiger charge is -2.35. The minimum absolute atomic E-state index is 0.0883. The fourth-order valence-corrected chi connectivity index (χ4v) is 2.81. The first-order valence-electron chi connectivity index (χ1n) is 7.57. The monoisotopic (exact) mass is 314 g/mol. The van der Waals surface area contributed by atoms with Crippen molar-refractivity contribution >= 4 is 11.6 Å². The molecule has 1 atom stereocenters. The molecule has 1 aliphatic heterocycles. The normalized spacial score (nSPS) is 16.8. The highest BCUT2D eigenvalue weighted by atomic mass is 19.1. The number of amides is 1. The molecule has 4 nitrogen and oxygen atoms in total. The molecule has 0 saturated carbocycles. The number of carbonyl (C=O) groups excluding carboxylic acids is 1. The van der Waals surface area contributed by atoms with Crippen LogP contribution in [0.3, 0.4) is 0 Å². The van der Waals surface area contributed by atoms with E-state index in [9.17, 15) is 9.18 Å². The van der Waals surface area contributed by atoms with Gasteiger partial charge in [-0.25, -0.2) is 4.39 Å².